The smallest absolute Gasteiger partial charge is 0.262 e. The Balaban J connectivity index is 1.89. The number of rotatable bonds is 4. The number of hydrogen-bond acceptors (Lipinski definition) is 2. The number of benzene rings is 2. The van der Waals surface area contributed by atoms with Crippen molar-refractivity contribution in [2.75, 3.05) is 11.9 Å². The summed E-state index contributed by atoms with van der Waals surface area (Å²) in [4.78, 5) is 11.6. The number of para-hydroxylation sites is 1. The van der Waals surface area contributed by atoms with E-state index in [0.717, 1.165) is 0 Å². The number of amides is 1. The van der Waals surface area contributed by atoms with Crippen molar-refractivity contribution in [2.24, 2.45) is 0 Å². The topological polar surface area (TPSA) is 38.3 Å². The SMILES string of the molecule is Cc1ccc(NC(=O)COc2ccccc2)cc1F. The highest BCUT2D eigenvalue weighted by molar-refractivity contribution is 5.91. The van der Waals surface area contributed by atoms with Crippen LogP contribution < -0.4 is 10.1 Å². The van der Waals surface area contributed by atoms with Crippen molar-refractivity contribution in [3.63, 3.8) is 0 Å². The van der Waals surface area contributed by atoms with Crippen molar-refractivity contribution < 1.29 is 13.9 Å². The Morgan fingerprint density at radius 2 is 1.95 bits per heavy atom. The van der Waals surface area contributed by atoms with Crippen LogP contribution in [0.3, 0.4) is 0 Å². The van der Waals surface area contributed by atoms with Gasteiger partial charge in [-0.25, -0.2) is 4.39 Å². The van der Waals surface area contributed by atoms with Gasteiger partial charge in [0.05, 0.1) is 0 Å². The molecule has 0 fully saturated rings. The van der Waals surface area contributed by atoms with Gasteiger partial charge in [0.15, 0.2) is 6.61 Å². The molecule has 4 heteroatoms. The summed E-state index contributed by atoms with van der Waals surface area (Å²) in [6.07, 6.45) is 0. The summed E-state index contributed by atoms with van der Waals surface area (Å²) in [7, 11) is 0. The Labute approximate surface area is 111 Å². The van der Waals surface area contributed by atoms with Gasteiger partial charge >= 0.3 is 0 Å². The monoisotopic (exact) mass is 259 g/mol. The number of hydrogen-bond donors (Lipinski definition) is 1. The highest BCUT2D eigenvalue weighted by Gasteiger charge is 2.05. The van der Waals surface area contributed by atoms with E-state index in [-0.39, 0.29) is 18.3 Å². The van der Waals surface area contributed by atoms with Crippen molar-refractivity contribution in [2.45, 2.75) is 6.92 Å². The third kappa shape index (κ3) is 3.81. The third-order valence-electron chi connectivity index (χ3n) is 2.57. The summed E-state index contributed by atoms with van der Waals surface area (Å²) in [6.45, 7) is 1.55. The second kappa shape index (κ2) is 6.00. The number of aryl methyl sites for hydroxylation is 1. The Kier molecular flexibility index (Phi) is 4.13. The summed E-state index contributed by atoms with van der Waals surface area (Å²) in [5.41, 5.74) is 0.961. The lowest BCUT2D eigenvalue weighted by Crippen LogP contribution is -2.20. The summed E-state index contributed by atoms with van der Waals surface area (Å²) < 4.78 is 18.6. The molecule has 0 spiro atoms. The number of carbonyl (C=O) groups excluding carboxylic acids is 1. The fourth-order valence-corrected chi connectivity index (χ4v) is 1.53. The van der Waals surface area contributed by atoms with Crippen LogP contribution >= 0.6 is 0 Å². The van der Waals surface area contributed by atoms with E-state index >= 15 is 0 Å². The quantitative estimate of drug-likeness (QED) is 0.916. The van der Waals surface area contributed by atoms with Gasteiger partial charge in [0.25, 0.3) is 5.91 Å². The summed E-state index contributed by atoms with van der Waals surface area (Å²) in [6, 6.07) is 13.6. The van der Waals surface area contributed by atoms with E-state index in [1.165, 1.54) is 6.07 Å². The molecule has 0 saturated carbocycles. The molecule has 0 unspecified atom stereocenters. The predicted octanol–water partition coefficient (Wildman–Crippen LogP) is 3.15. The zero-order valence-electron chi connectivity index (χ0n) is 10.5. The van der Waals surface area contributed by atoms with Gasteiger partial charge in [-0.1, -0.05) is 24.3 Å². The van der Waals surface area contributed by atoms with E-state index < -0.39 is 0 Å². The lowest BCUT2D eigenvalue weighted by atomic mass is 10.2. The highest BCUT2D eigenvalue weighted by Crippen LogP contribution is 2.13. The van der Waals surface area contributed by atoms with Gasteiger partial charge in [0.1, 0.15) is 11.6 Å². The maximum Gasteiger partial charge on any atom is 0.262 e. The molecule has 3 nitrogen and oxygen atoms in total. The number of ether oxygens (including phenoxy) is 1. The Morgan fingerprint density at radius 1 is 1.21 bits per heavy atom. The predicted molar refractivity (Wildman–Crippen MR) is 71.7 cm³/mol. The van der Waals surface area contributed by atoms with Crippen LogP contribution in [0.5, 0.6) is 5.75 Å². The van der Waals surface area contributed by atoms with Crippen LogP contribution in [0.2, 0.25) is 0 Å². The fraction of sp³-hybridized carbons (Fsp3) is 0.133. The van der Waals surface area contributed by atoms with Crippen LogP contribution in [-0.4, -0.2) is 12.5 Å². The molecule has 0 atom stereocenters. The van der Waals surface area contributed by atoms with Crippen LogP contribution in [0.1, 0.15) is 5.56 Å². The van der Waals surface area contributed by atoms with Gasteiger partial charge in [0, 0.05) is 5.69 Å². The van der Waals surface area contributed by atoms with Crippen molar-refractivity contribution in [1.82, 2.24) is 0 Å². The van der Waals surface area contributed by atoms with Gasteiger partial charge in [0.2, 0.25) is 0 Å². The van der Waals surface area contributed by atoms with Crippen LogP contribution in [0, 0.1) is 12.7 Å². The van der Waals surface area contributed by atoms with Crippen LogP contribution in [-0.2, 0) is 4.79 Å². The maximum absolute atomic E-state index is 13.3. The lowest BCUT2D eigenvalue weighted by molar-refractivity contribution is -0.118. The largest absolute Gasteiger partial charge is 0.484 e. The van der Waals surface area contributed by atoms with E-state index in [1.54, 1.807) is 31.2 Å². The zero-order valence-corrected chi connectivity index (χ0v) is 10.5. The Morgan fingerprint density at radius 3 is 2.63 bits per heavy atom. The van der Waals surface area contributed by atoms with Gasteiger partial charge in [-0.2, -0.15) is 0 Å². The van der Waals surface area contributed by atoms with Crippen LogP contribution in [0.25, 0.3) is 0 Å². The first kappa shape index (κ1) is 13.1. The van der Waals surface area contributed by atoms with Crippen molar-refractivity contribution in [1.29, 1.82) is 0 Å². The fourth-order valence-electron chi connectivity index (χ4n) is 1.53. The van der Waals surface area contributed by atoms with Crippen LogP contribution in [0.15, 0.2) is 48.5 Å². The van der Waals surface area contributed by atoms with Crippen molar-refractivity contribution in [3.8, 4) is 5.75 Å². The number of anilines is 1. The summed E-state index contributed by atoms with van der Waals surface area (Å²) in [5, 5.41) is 2.58. The molecule has 2 rings (SSSR count). The number of halogens is 1. The molecular weight excluding hydrogens is 245 g/mol. The minimum Gasteiger partial charge on any atom is -0.484 e. The molecule has 0 radical (unpaired) electrons. The molecule has 98 valence electrons. The third-order valence-corrected chi connectivity index (χ3v) is 2.57. The standard InChI is InChI=1S/C15H14FNO2/c1-11-7-8-12(9-14(11)16)17-15(18)10-19-13-5-3-2-4-6-13/h2-9H,10H2,1H3,(H,17,18). The number of nitrogens with one attached hydrogen (secondary N) is 1. The van der Waals surface area contributed by atoms with E-state index in [9.17, 15) is 9.18 Å². The Hall–Kier alpha value is -2.36. The molecule has 1 amide bonds. The molecule has 2 aromatic carbocycles. The minimum absolute atomic E-state index is 0.112. The second-order valence-electron chi connectivity index (χ2n) is 4.11. The van der Waals surface area contributed by atoms with E-state index in [2.05, 4.69) is 5.32 Å². The molecular formula is C15H14FNO2. The zero-order chi connectivity index (χ0) is 13.7. The van der Waals surface area contributed by atoms with Gasteiger partial charge in [-0.15, -0.1) is 0 Å². The normalized spacial score (nSPS) is 10.0. The van der Waals surface area contributed by atoms with Gasteiger partial charge < -0.3 is 10.1 Å². The average molecular weight is 259 g/mol. The molecule has 0 aliphatic rings. The number of carbonyl (C=O) groups is 1. The molecule has 19 heavy (non-hydrogen) atoms. The molecule has 0 saturated heterocycles. The van der Waals surface area contributed by atoms with E-state index in [0.29, 0.717) is 17.0 Å². The molecule has 2 aromatic rings. The van der Waals surface area contributed by atoms with E-state index in [4.69, 9.17) is 4.74 Å². The highest BCUT2D eigenvalue weighted by atomic mass is 19.1. The summed E-state index contributed by atoms with van der Waals surface area (Å²) in [5.74, 6) is -0.0541. The van der Waals surface area contributed by atoms with Crippen LogP contribution in [0.4, 0.5) is 10.1 Å². The Bertz CT molecular complexity index is 570. The molecule has 0 aliphatic carbocycles. The molecule has 0 heterocycles. The average Bonchev–Trinajstić information content (AvgIpc) is 2.42. The van der Waals surface area contributed by atoms with Gasteiger partial charge in [-0.3, -0.25) is 4.79 Å². The maximum atomic E-state index is 13.3. The minimum atomic E-state index is -0.346. The first-order valence-corrected chi connectivity index (χ1v) is 5.89. The van der Waals surface area contributed by atoms with Crippen molar-refractivity contribution >= 4 is 11.6 Å². The van der Waals surface area contributed by atoms with E-state index in [1.807, 2.05) is 18.2 Å². The first-order chi connectivity index (χ1) is 9.15. The second-order valence-corrected chi connectivity index (χ2v) is 4.11. The van der Waals surface area contributed by atoms with Crippen molar-refractivity contribution in [3.05, 3.63) is 59.9 Å². The first-order valence-electron chi connectivity index (χ1n) is 5.89. The molecule has 0 bridgehead atoms. The molecule has 0 aliphatic heterocycles. The molecule has 1 N–H and O–H groups in total. The van der Waals surface area contributed by atoms with Gasteiger partial charge in [-0.05, 0) is 36.8 Å². The molecule has 0 aromatic heterocycles. The lowest BCUT2D eigenvalue weighted by Gasteiger charge is -2.08. The summed E-state index contributed by atoms with van der Waals surface area (Å²) >= 11 is 0.